The fourth-order valence-corrected chi connectivity index (χ4v) is 3.55. The highest BCUT2D eigenvalue weighted by atomic mass is 31.2. The molecule has 0 aliphatic carbocycles. The van der Waals surface area contributed by atoms with Crippen LogP contribution in [0, 0.1) is 0 Å². The van der Waals surface area contributed by atoms with Crippen molar-refractivity contribution in [2.75, 3.05) is 5.32 Å². The lowest BCUT2D eigenvalue weighted by atomic mass is 10.3. The third-order valence-electron chi connectivity index (χ3n) is 2.20. The van der Waals surface area contributed by atoms with Gasteiger partial charge in [0.05, 0.1) is 17.5 Å². The van der Waals surface area contributed by atoms with Crippen molar-refractivity contribution < 1.29 is 18.4 Å². The van der Waals surface area contributed by atoms with Gasteiger partial charge in [-0.15, -0.1) is 0 Å². The molecule has 0 atom stereocenters. The van der Waals surface area contributed by atoms with Gasteiger partial charge in [-0.05, 0) is 52.0 Å². The SMILES string of the molecule is CC(=O)Nc1ccc(P(=O)(OC(C)C)OC(C)C)cc1. The number of hydrogen-bond donors (Lipinski definition) is 1. The largest absolute Gasteiger partial charge is 0.361 e. The smallest absolute Gasteiger partial charge is 0.326 e. The molecule has 5 nitrogen and oxygen atoms in total. The summed E-state index contributed by atoms with van der Waals surface area (Å²) in [4.78, 5) is 11.0. The van der Waals surface area contributed by atoms with Crippen molar-refractivity contribution in [1.29, 1.82) is 0 Å². The second-order valence-electron chi connectivity index (χ2n) is 5.03. The highest BCUT2D eigenvalue weighted by molar-refractivity contribution is 7.62. The number of anilines is 1. The van der Waals surface area contributed by atoms with Gasteiger partial charge in [0, 0.05) is 12.6 Å². The Balaban J connectivity index is 3.02. The molecule has 0 aliphatic heterocycles. The molecule has 0 radical (unpaired) electrons. The maximum Gasteiger partial charge on any atom is 0.361 e. The van der Waals surface area contributed by atoms with E-state index in [-0.39, 0.29) is 18.1 Å². The first-order valence-corrected chi connectivity index (χ1v) is 8.12. The van der Waals surface area contributed by atoms with Crippen LogP contribution in [0.4, 0.5) is 5.69 Å². The maximum atomic E-state index is 12.8. The summed E-state index contributed by atoms with van der Waals surface area (Å²) in [6, 6.07) is 6.65. The molecule has 0 aliphatic rings. The van der Waals surface area contributed by atoms with Crippen LogP contribution < -0.4 is 10.6 Å². The molecule has 0 bridgehead atoms. The Morgan fingerprint density at radius 1 is 1.05 bits per heavy atom. The van der Waals surface area contributed by atoms with E-state index in [0.717, 1.165) is 0 Å². The fraction of sp³-hybridized carbons (Fsp3) is 0.500. The number of nitrogens with one attached hydrogen (secondary N) is 1. The molecule has 0 aromatic heterocycles. The van der Waals surface area contributed by atoms with E-state index in [2.05, 4.69) is 5.32 Å². The van der Waals surface area contributed by atoms with Crippen molar-refractivity contribution in [2.45, 2.75) is 46.8 Å². The molecule has 0 heterocycles. The van der Waals surface area contributed by atoms with Gasteiger partial charge in [0.1, 0.15) is 0 Å². The molecule has 0 unspecified atom stereocenters. The summed E-state index contributed by atoms with van der Waals surface area (Å²) in [5.41, 5.74) is 0.641. The molecule has 6 heteroatoms. The van der Waals surface area contributed by atoms with E-state index < -0.39 is 7.60 Å². The molecule has 1 aromatic carbocycles. The molecule has 0 saturated carbocycles. The molecule has 0 spiro atoms. The first-order chi connectivity index (χ1) is 9.23. The van der Waals surface area contributed by atoms with Crippen LogP contribution in [0.1, 0.15) is 34.6 Å². The summed E-state index contributed by atoms with van der Waals surface area (Å²) in [5.74, 6) is -0.155. The van der Waals surface area contributed by atoms with Gasteiger partial charge >= 0.3 is 7.60 Å². The normalized spacial score (nSPS) is 11.9. The predicted molar refractivity (Wildman–Crippen MR) is 80.4 cm³/mol. The number of amides is 1. The van der Waals surface area contributed by atoms with Crippen LogP contribution in [-0.4, -0.2) is 18.1 Å². The van der Waals surface area contributed by atoms with Gasteiger partial charge in [-0.1, -0.05) is 0 Å². The Morgan fingerprint density at radius 2 is 1.50 bits per heavy atom. The maximum absolute atomic E-state index is 12.8. The summed E-state index contributed by atoms with van der Waals surface area (Å²) in [5, 5.41) is 3.14. The number of carbonyl (C=O) groups excluding carboxylic acids is 1. The molecule has 112 valence electrons. The van der Waals surface area contributed by atoms with Gasteiger partial charge in [0.2, 0.25) is 5.91 Å². The topological polar surface area (TPSA) is 64.6 Å². The Morgan fingerprint density at radius 3 is 1.85 bits per heavy atom. The second-order valence-corrected chi connectivity index (χ2v) is 6.97. The second kappa shape index (κ2) is 7.02. The number of benzene rings is 1. The number of hydrogen-bond acceptors (Lipinski definition) is 4. The van der Waals surface area contributed by atoms with Crippen LogP contribution in [0.2, 0.25) is 0 Å². The third-order valence-corrected chi connectivity index (χ3v) is 4.53. The quantitative estimate of drug-likeness (QED) is 0.818. The van der Waals surface area contributed by atoms with Gasteiger partial charge in [-0.2, -0.15) is 0 Å². The zero-order valence-corrected chi connectivity index (χ0v) is 13.4. The van der Waals surface area contributed by atoms with E-state index in [1.54, 1.807) is 24.3 Å². The molecule has 1 rings (SSSR count). The standard InChI is InChI=1S/C14H22NO4P/c1-10(2)18-20(17,19-11(3)4)14-8-6-13(7-9-14)15-12(5)16/h6-11H,1-5H3,(H,15,16). The highest BCUT2D eigenvalue weighted by Gasteiger charge is 2.30. The molecule has 0 fully saturated rings. The Kier molecular flexibility index (Phi) is 5.93. The summed E-state index contributed by atoms with van der Waals surface area (Å²) < 4.78 is 23.8. The molecule has 1 amide bonds. The van der Waals surface area contributed by atoms with E-state index >= 15 is 0 Å². The highest BCUT2D eigenvalue weighted by Crippen LogP contribution is 2.49. The Labute approximate surface area is 120 Å². The van der Waals surface area contributed by atoms with Crippen LogP contribution in [0.25, 0.3) is 0 Å². The summed E-state index contributed by atoms with van der Waals surface area (Å²) in [6.07, 6.45) is -0.427. The van der Waals surface area contributed by atoms with E-state index in [4.69, 9.17) is 9.05 Å². The molecule has 1 N–H and O–H groups in total. The van der Waals surface area contributed by atoms with E-state index in [9.17, 15) is 9.36 Å². The van der Waals surface area contributed by atoms with Crippen molar-refractivity contribution in [3.63, 3.8) is 0 Å². The molecule has 0 saturated heterocycles. The number of rotatable bonds is 6. The fourth-order valence-electron chi connectivity index (χ4n) is 1.63. The minimum Gasteiger partial charge on any atom is -0.326 e. The number of carbonyl (C=O) groups is 1. The van der Waals surface area contributed by atoms with Crippen LogP contribution in [0.15, 0.2) is 24.3 Å². The van der Waals surface area contributed by atoms with Crippen molar-refractivity contribution in [2.24, 2.45) is 0 Å². The third kappa shape index (κ3) is 5.08. The Bertz CT molecular complexity index is 482. The zero-order chi connectivity index (χ0) is 15.3. The summed E-state index contributed by atoms with van der Waals surface area (Å²) >= 11 is 0. The summed E-state index contributed by atoms with van der Waals surface area (Å²) in [7, 11) is -3.35. The van der Waals surface area contributed by atoms with Gasteiger partial charge in [0.25, 0.3) is 0 Å². The molecule has 20 heavy (non-hydrogen) atoms. The minimum absolute atomic E-state index is 0.155. The molecule has 1 aromatic rings. The average Bonchev–Trinajstić information content (AvgIpc) is 2.26. The van der Waals surface area contributed by atoms with Crippen LogP contribution >= 0.6 is 7.60 Å². The van der Waals surface area contributed by atoms with Crippen LogP contribution in [-0.2, 0) is 18.4 Å². The zero-order valence-electron chi connectivity index (χ0n) is 12.5. The summed E-state index contributed by atoms with van der Waals surface area (Å²) in [6.45, 7) is 8.66. The van der Waals surface area contributed by atoms with Crippen molar-refractivity contribution in [1.82, 2.24) is 0 Å². The van der Waals surface area contributed by atoms with Gasteiger partial charge in [-0.25, -0.2) is 0 Å². The molecular weight excluding hydrogens is 277 g/mol. The van der Waals surface area contributed by atoms with E-state index in [1.807, 2.05) is 27.7 Å². The van der Waals surface area contributed by atoms with Crippen LogP contribution in [0.3, 0.4) is 0 Å². The van der Waals surface area contributed by atoms with Gasteiger partial charge < -0.3 is 14.4 Å². The predicted octanol–water partition coefficient (Wildman–Crippen LogP) is 3.31. The van der Waals surface area contributed by atoms with Crippen molar-refractivity contribution in [3.8, 4) is 0 Å². The first kappa shape index (κ1) is 16.9. The van der Waals surface area contributed by atoms with Gasteiger partial charge in [0.15, 0.2) is 0 Å². The van der Waals surface area contributed by atoms with Crippen molar-refractivity contribution in [3.05, 3.63) is 24.3 Å². The van der Waals surface area contributed by atoms with Gasteiger partial charge in [-0.3, -0.25) is 9.36 Å². The van der Waals surface area contributed by atoms with E-state index in [0.29, 0.717) is 11.0 Å². The lowest BCUT2D eigenvalue weighted by molar-refractivity contribution is -0.114. The van der Waals surface area contributed by atoms with E-state index in [1.165, 1.54) is 6.92 Å². The minimum atomic E-state index is -3.35. The molecular formula is C14H22NO4P. The first-order valence-electron chi connectivity index (χ1n) is 6.58. The van der Waals surface area contributed by atoms with Crippen LogP contribution in [0.5, 0.6) is 0 Å². The monoisotopic (exact) mass is 299 g/mol. The van der Waals surface area contributed by atoms with Crippen molar-refractivity contribution >= 4 is 24.5 Å². The lowest BCUT2D eigenvalue weighted by Gasteiger charge is -2.23. The average molecular weight is 299 g/mol. The lowest BCUT2D eigenvalue weighted by Crippen LogP contribution is -2.17. The Hall–Kier alpha value is -1.16.